The number of nitrogens with zero attached hydrogens (tertiary/aromatic N) is 1. The topological polar surface area (TPSA) is 59.0 Å². The van der Waals surface area contributed by atoms with Gasteiger partial charge in [-0.1, -0.05) is 19.4 Å². The van der Waals surface area contributed by atoms with Gasteiger partial charge in [0.15, 0.2) is 11.5 Å². The Bertz CT molecular complexity index is 503. The van der Waals surface area contributed by atoms with Crippen LogP contribution in [-0.2, 0) is 11.3 Å². The molecule has 0 amide bonds. The van der Waals surface area contributed by atoms with Crippen molar-refractivity contribution in [1.29, 1.82) is 0 Å². The van der Waals surface area contributed by atoms with Crippen LogP contribution in [0.1, 0.15) is 38.2 Å². The maximum absolute atomic E-state index is 11.3. The van der Waals surface area contributed by atoms with Crippen LogP contribution < -0.4 is 9.47 Å². The van der Waals surface area contributed by atoms with Crippen LogP contribution in [0.15, 0.2) is 18.2 Å². The Morgan fingerprint density at radius 3 is 2.91 bits per heavy atom. The van der Waals surface area contributed by atoms with Gasteiger partial charge < -0.3 is 14.6 Å². The molecule has 0 bridgehead atoms. The Labute approximate surface area is 131 Å². The molecule has 22 heavy (non-hydrogen) atoms. The second-order valence-corrected chi connectivity index (χ2v) is 5.65. The van der Waals surface area contributed by atoms with Crippen molar-refractivity contribution < 1.29 is 19.4 Å². The van der Waals surface area contributed by atoms with Crippen molar-refractivity contribution in [3.8, 4) is 11.5 Å². The normalized spacial score (nSPS) is 18.4. The Morgan fingerprint density at radius 2 is 2.23 bits per heavy atom. The minimum absolute atomic E-state index is 0.369. The summed E-state index contributed by atoms with van der Waals surface area (Å²) in [5.74, 6) is 0.723. The predicted molar refractivity (Wildman–Crippen MR) is 84.5 cm³/mol. The van der Waals surface area contributed by atoms with Crippen LogP contribution in [0, 0.1) is 0 Å². The van der Waals surface area contributed by atoms with E-state index >= 15 is 0 Å². The summed E-state index contributed by atoms with van der Waals surface area (Å²) >= 11 is 0. The van der Waals surface area contributed by atoms with Gasteiger partial charge in [-0.25, -0.2) is 0 Å². The van der Waals surface area contributed by atoms with Crippen LogP contribution in [0.3, 0.4) is 0 Å². The second-order valence-electron chi connectivity index (χ2n) is 5.65. The molecule has 5 heteroatoms. The molecule has 0 unspecified atom stereocenters. The predicted octanol–water partition coefficient (Wildman–Crippen LogP) is 2.92. The molecule has 2 rings (SSSR count). The highest BCUT2D eigenvalue weighted by atomic mass is 16.5. The van der Waals surface area contributed by atoms with Crippen LogP contribution in [-0.4, -0.2) is 42.3 Å². The number of methoxy groups -OCH3 is 1. The summed E-state index contributed by atoms with van der Waals surface area (Å²) in [4.78, 5) is 13.3. The molecule has 122 valence electrons. The van der Waals surface area contributed by atoms with E-state index in [0.29, 0.717) is 13.2 Å². The number of likely N-dealkylation sites (tertiary alicyclic amines) is 1. The summed E-state index contributed by atoms with van der Waals surface area (Å²) in [6, 6.07) is 5.46. The molecule has 1 N–H and O–H groups in total. The van der Waals surface area contributed by atoms with Crippen molar-refractivity contribution in [1.82, 2.24) is 4.90 Å². The number of rotatable bonds is 8. The van der Waals surface area contributed by atoms with E-state index in [1.54, 1.807) is 7.11 Å². The zero-order valence-electron chi connectivity index (χ0n) is 13.4. The van der Waals surface area contributed by atoms with E-state index in [1.165, 1.54) is 0 Å². The lowest BCUT2D eigenvalue weighted by Crippen LogP contribution is -2.35. The third kappa shape index (κ3) is 4.13. The summed E-state index contributed by atoms with van der Waals surface area (Å²) < 4.78 is 11.1. The van der Waals surface area contributed by atoms with E-state index in [4.69, 9.17) is 9.47 Å². The average molecular weight is 307 g/mol. The highest BCUT2D eigenvalue weighted by Crippen LogP contribution is 2.30. The number of unbranched alkanes of at least 4 members (excludes halogenated alkanes) is 1. The standard InChI is InChI=1S/C17H25NO4/c1-3-4-10-22-16-11-13(7-8-15(16)21-2)12-18-9-5-6-14(18)17(19)20/h7-8,11,14H,3-6,9-10,12H2,1-2H3,(H,19,20)/t14-/m1/s1. The Morgan fingerprint density at radius 1 is 1.41 bits per heavy atom. The maximum Gasteiger partial charge on any atom is 0.320 e. The molecule has 1 heterocycles. The number of carboxylic acids is 1. The smallest absolute Gasteiger partial charge is 0.320 e. The fraction of sp³-hybridized carbons (Fsp3) is 0.588. The summed E-state index contributed by atoms with van der Waals surface area (Å²) in [6.07, 6.45) is 3.75. The van der Waals surface area contributed by atoms with E-state index < -0.39 is 5.97 Å². The fourth-order valence-corrected chi connectivity index (χ4v) is 2.79. The zero-order valence-corrected chi connectivity index (χ0v) is 13.4. The molecule has 1 aliphatic heterocycles. The molecule has 1 atom stereocenters. The van der Waals surface area contributed by atoms with Gasteiger partial charge >= 0.3 is 5.97 Å². The Kier molecular flexibility index (Phi) is 6.07. The van der Waals surface area contributed by atoms with Crippen molar-refractivity contribution in [2.75, 3.05) is 20.3 Å². The first-order valence-corrected chi connectivity index (χ1v) is 7.92. The molecular weight excluding hydrogens is 282 g/mol. The monoisotopic (exact) mass is 307 g/mol. The molecule has 1 aromatic rings. The highest BCUT2D eigenvalue weighted by Gasteiger charge is 2.30. The van der Waals surface area contributed by atoms with Crippen LogP contribution in [0.5, 0.6) is 11.5 Å². The number of benzene rings is 1. The summed E-state index contributed by atoms with van der Waals surface area (Å²) in [7, 11) is 1.63. The number of hydrogen-bond donors (Lipinski definition) is 1. The minimum Gasteiger partial charge on any atom is -0.493 e. The van der Waals surface area contributed by atoms with Crippen LogP contribution in [0.2, 0.25) is 0 Å². The van der Waals surface area contributed by atoms with E-state index in [1.807, 2.05) is 23.1 Å². The average Bonchev–Trinajstić information content (AvgIpc) is 2.96. The quantitative estimate of drug-likeness (QED) is 0.748. The molecule has 0 saturated carbocycles. The lowest BCUT2D eigenvalue weighted by atomic mass is 10.1. The van der Waals surface area contributed by atoms with E-state index in [9.17, 15) is 9.90 Å². The van der Waals surface area contributed by atoms with Crippen molar-refractivity contribution in [2.24, 2.45) is 0 Å². The van der Waals surface area contributed by atoms with Crippen LogP contribution in [0.4, 0.5) is 0 Å². The molecule has 1 aromatic carbocycles. The Hall–Kier alpha value is -1.75. The van der Waals surface area contributed by atoms with Gasteiger partial charge in [0, 0.05) is 6.54 Å². The lowest BCUT2D eigenvalue weighted by Gasteiger charge is -2.21. The molecule has 0 spiro atoms. The van der Waals surface area contributed by atoms with Gasteiger partial charge in [0.25, 0.3) is 0 Å². The van der Waals surface area contributed by atoms with Gasteiger partial charge in [0.05, 0.1) is 13.7 Å². The first-order valence-electron chi connectivity index (χ1n) is 7.92. The van der Waals surface area contributed by atoms with E-state index in [2.05, 4.69) is 6.92 Å². The molecular formula is C17H25NO4. The third-order valence-corrected chi connectivity index (χ3v) is 4.02. The molecule has 0 aliphatic carbocycles. The maximum atomic E-state index is 11.3. The highest BCUT2D eigenvalue weighted by molar-refractivity contribution is 5.73. The van der Waals surface area contributed by atoms with Gasteiger partial charge in [0.2, 0.25) is 0 Å². The molecule has 1 saturated heterocycles. The third-order valence-electron chi connectivity index (χ3n) is 4.02. The molecule has 5 nitrogen and oxygen atoms in total. The van der Waals surface area contributed by atoms with Crippen molar-refractivity contribution in [3.63, 3.8) is 0 Å². The minimum atomic E-state index is -0.731. The zero-order chi connectivity index (χ0) is 15.9. The van der Waals surface area contributed by atoms with Crippen LogP contribution in [0.25, 0.3) is 0 Å². The SMILES string of the molecule is CCCCOc1cc(CN2CCC[C@@H]2C(=O)O)ccc1OC. The number of carbonyl (C=O) groups is 1. The van der Waals surface area contributed by atoms with Gasteiger partial charge in [-0.2, -0.15) is 0 Å². The summed E-state index contributed by atoms with van der Waals surface area (Å²) in [5.41, 5.74) is 1.06. The second kappa shape index (κ2) is 8.03. The molecule has 1 aliphatic rings. The number of aliphatic carboxylic acids is 1. The summed E-state index contributed by atoms with van der Waals surface area (Å²) in [6.45, 7) is 4.24. The van der Waals surface area contributed by atoms with Gasteiger partial charge in [-0.05, 0) is 43.5 Å². The van der Waals surface area contributed by atoms with Crippen molar-refractivity contribution in [2.45, 2.75) is 45.2 Å². The molecule has 0 aromatic heterocycles. The van der Waals surface area contributed by atoms with Crippen molar-refractivity contribution in [3.05, 3.63) is 23.8 Å². The van der Waals surface area contributed by atoms with E-state index in [0.717, 1.165) is 49.3 Å². The first-order chi connectivity index (χ1) is 10.7. The summed E-state index contributed by atoms with van der Waals surface area (Å²) in [5, 5.41) is 9.26. The Balaban J connectivity index is 2.07. The first kappa shape index (κ1) is 16.6. The largest absolute Gasteiger partial charge is 0.493 e. The lowest BCUT2D eigenvalue weighted by molar-refractivity contribution is -0.142. The van der Waals surface area contributed by atoms with Gasteiger partial charge in [-0.15, -0.1) is 0 Å². The molecule has 0 radical (unpaired) electrons. The van der Waals surface area contributed by atoms with Crippen LogP contribution >= 0.6 is 0 Å². The van der Waals surface area contributed by atoms with E-state index in [-0.39, 0.29) is 6.04 Å². The van der Waals surface area contributed by atoms with Gasteiger partial charge in [-0.3, -0.25) is 9.69 Å². The van der Waals surface area contributed by atoms with Gasteiger partial charge in [0.1, 0.15) is 6.04 Å². The number of ether oxygens (including phenoxy) is 2. The molecule has 1 fully saturated rings. The number of hydrogen-bond acceptors (Lipinski definition) is 4. The fourth-order valence-electron chi connectivity index (χ4n) is 2.79. The number of carboxylic acid groups (broad SMARTS) is 1. The van der Waals surface area contributed by atoms with Crippen molar-refractivity contribution >= 4 is 5.97 Å².